The van der Waals surface area contributed by atoms with Crippen LogP contribution in [0.5, 0.6) is 0 Å². The topological polar surface area (TPSA) is 68.1 Å². The molecule has 0 saturated heterocycles. The van der Waals surface area contributed by atoms with Gasteiger partial charge in [0.05, 0.1) is 5.56 Å². The number of ether oxygens (including phenoxy) is 1. The molecule has 3 rings (SSSR count). The van der Waals surface area contributed by atoms with Crippen LogP contribution in [0.15, 0.2) is 54.7 Å². The number of aromatic nitrogens is 1. The normalized spacial score (nSPS) is 12.9. The summed E-state index contributed by atoms with van der Waals surface area (Å²) in [6.45, 7) is 0. The Kier molecular flexibility index (Phi) is 4.88. The molecule has 0 bridgehead atoms. The second-order valence-electron chi connectivity index (χ2n) is 6.02. The Morgan fingerprint density at radius 2 is 1.85 bits per heavy atom. The van der Waals surface area contributed by atoms with E-state index in [-0.39, 0.29) is 6.42 Å². The van der Waals surface area contributed by atoms with E-state index in [4.69, 9.17) is 10.5 Å². The van der Waals surface area contributed by atoms with Crippen LogP contribution in [0.4, 0.5) is 18.0 Å². The number of H-pyrrole nitrogens is 1. The first-order chi connectivity index (χ1) is 12.3. The fraction of sp³-hybridized carbons (Fsp3) is 0.211. The zero-order chi connectivity index (χ0) is 18.7. The van der Waals surface area contributed by atoms with Crippen molar-refractivity contribution in [2.45, 2.75) is 25.1 Å². The van der Waals surface area contributed by atoms with Crippen LogP contribution in [-0.2, 0) is 23.8 Å². The molecule has 1 amide bonds. The van der Waals surface area contributed by atoms with Crippen LogP contribution in [0.1, 0.15) is 16.7 Å². The number of hydrogen-bond donors (Lipinski definition) is 2. The number of nitrogens with one attached hydrogen (secondary N) is 1. The van der Waals surface area contributed by atoms with E-state index in [0.29, 0.717) is 22.9 Å². The molecule has 0 aliphatic rings. The summed E-state index contributed by atoms with van der Waals surface area (Å²) < 4.78 is 44.1. The predicted molar refractivity (Wildman–Crippen MR) is 91.6 cm³/mol. The summed E-state index contributed by atoms with van der Waals surface area (Å²) in [5, 5.41) is 0.450. The smallest absolute Gasteiger partial charge is 0.416 e. The average Bonchev–Trinajstić information content (AvgIpc) is 2.96. The predicted octanol–water partition coefficient (Wildman–Crippen LogP) is 4.44. The van der Waals surface area contributed by atoms with Gasteiger partial charge in [0.1, 0.15) is 6.10 Å². The van der Waals surface area contributed by atoms with Crippen LogP contribution in [0.3, 0.4) is 0 Å². The maximum atomic E-state index is 13.0. The SMILES string of the molecule is NC(=O)O[C@H](Cc1ccccc1)Cc1c[nH]c2ccc(C(F)(F)F)cc12. The number of hydrogen-bond acceptors (Lipinski definition) is 2. The van der Waals surface area contributed by atoms with Crippen molar-refractivity contribution in [3.8, 4) is 0 Å². The second-order valence-corrected chi connectivity index (χ2v) is 6.02. The molecule has 2 aromatic carbocycles. The lowest BCUT2D eigenvalue weighted by Crippen LogP contribution is -2.26. The van der Waals surface area contributed by atoms with Crippen LogP contribution in [0, 0.1) is 0 Å². The maximum Gasteiger partial charge on any atom is 0.416 e. The minimum atomic E-state index is -4.42. The van der Waals surface area contributed by atoms with E-state index in [2.05, 4.69) is 4.98 Å². The molecule has 0 saturated carbocycles. The van der Waals surface area contributed by atoms with Gasteiger partial charge in [-0.25, -0.2) is 4.79 Å². The van der Waals surface area contributed by atoms with Crippen molar-refractivity contribution >= 4 is 17.0 Å². The fourth-order valence-corrected chi connectivity index (χ4v) is 2.97. The van der Waals surface area contributed by atoms with Gasteiger partial charge in [-0.1, -0.05) is 30.3 Å². The maximum absolute atomic E-state index is 13.0. The van der Waals surface area contributed by atoms with Gasteiger partial charge in [-0.2, -0.15) is 13.2 Å². The van der Waals surface area contributed by atoms with E-state index in [9.17, 15) is 18.0 Å². The van der Waals surface area contributed by atoms with Gasteiger partial charge in [-0.05, 0) is 29.3 Å². The van der Waals surface area contributed by atoms with Crippen molar-refractivity contribution in [1.29, 1.82) is 0 Å². The van der Waals surface area contributed by atoms with Crippen molar-refractivity contribution in [3.05, 3.63) is 71.4 Å². The van der Waals surface area contributed by atoms with Gasteiger partial charge in [-0.15, -0.1) is 0 Å². The Morgan fingerprint density at radius 3 is 2.50 bits per heavy atom. The number of alkyl halides is 3. The molecule has 26 heavy (non-hydrogen) atoms. The van der Waals surface area contributed by atoms with E-state index < -0.39 is 23.9 Å². The summed E-state index contributed by atoms with van der Waals surface area (Å²) in [6.07, 6.45) is -3.62. The molecule has 1 atom stereocenters. The number of rotatable bonds is 5. The zero-order valence-corrected chi connectivity index (χ0v) is 13.7. The number of carbonyl (C=O) groups excluding carboxylic acids is 1. The number of halogens is 3. The zero-order valence-electron chi connectivity index (χ0n) is 13.7. The van der Waals surface area contributed by atoms with Crippen molar-refractivity contribution < 1.29 is 22.7 Å². The van der Waals surface area contributed by atoms with Crippen molar-refractivity contribution in [1.82, 2.24) is 4.98 Å². The molecule has 0 aliphatic heterocycles. The Bertz CT molecular complexity index is 904. The Labute approximate surface area is 147 Å². The van der Waals surface area contributed by atoms with Gasteiger partial charge in [-0.3, -0.25) is 0 Å². The number of primary amides is 1. The fourth-order valence-electron chi connectivity index (χ4n) is 2.97. The van der Waals surface area contributed by atoms with Gasteiger partial charge in [0.15, 0.2) is 0 Å². The van der Waals surface area contributed by atoms with E-state index in [1.807, 2.05) is 30.3 Å². The molecule has 0 radical (unpaired) electrons. The van der Waals surface area contributed by atoms with Crippen LogP contribution in [0.25, 0.3) is 10.9 Å². The van der Waals surface area contributed by atoms with Crippen molar-refractivity contribution in [2.24, 2.45) is 5.73 Å². The second kappa shape index (κ2) is 7.11. The third-order valence-electron chi connectivity index (χ3n) is 4.13. The molecule has 0 spiro atoms. The molecule has 0 unspecified atom stereocenters. The monoisotopic (exact) mass is 362 g/mol. The number of carbonyl (C=O) groups is 1. The standard InChI is InChI=1S/C19H17F3N2O2/c20-19(21,22)14-6-7-17-16(10-14)13(11-24-17)9-15(26-18(23)25)8-12-4-2-1-3-5-12/h1-7,10-11,15,24H,8-9H2,(H2,23,25)/t15-/m1/s1. The Morgan fingerprint density at radius 1 is 1.12 bits per heavy atom. The minimum Gasteiger partial charge on any atom is -0.446 e. The van der Waals surface area contributed by atoms with Crippen LogP contribution >= 0.6 is 0 Å². The molecule has 0 aliphatic carbocycles. The molecule has 1 heterocycles. The Balaban J connectivity index is 1.89. The number of benzene rings is 2. The first kappa shape index (κ1) is 17.8. The summed E-state index contributed by atoms with van der Waals surface area (Å²) >= 11 is 0. The first-order valence-electron chi connectivity index (χ1n) is 8.00. The summed E-state index contributed by atoms with van der Waals surface area (Å²) in [7, 11) is 0. The van der Waals surface area contributed by atoms with E-state index in [1.54, 1.807) is 6.20 Å². The largest absolute Gasteiger partial charge is 0.446 e. The number of amides is 1. The molecule has 1 aromatic heterocycles. The van der Waals surface area contributed by atoms with Crippen molar-refractivity contribution in [3.63, 3.8) is 0 Å². The van der Waals surface area contributed by atoms with Gasteiger partial charge < -0.3 is 15.5 Å². The Hall–Kier alpha value is -2.96. The lowest BCUT2D eigenvalue weighted by Gasteiger charge is -2.17. The summed E-state index contributed by atoms with van der Waals surface area (Å²) in [4.78, 5) is 14.2. The first-order valence-corrected chi connectivity index (χ1v) is 8.00. The van der Waals surface area contributed by atoms with Crippen LogP contribution < -0.4 is 5.73 Å². The minimum absolute atomic E-state index is 0.249. The van der Waals surface area contributed by atoms with Crippen molar-refractivity contribution in [2.75, 3.05) is 0 Å². The average molecular weight is 362 g/mol. The molecule has 3 aromatic rings. The van der Waals surface area contributed by atoms with Gasteiger partial charge in [0.25, 0.3) is 0 Å². The van der Waals surface area contributed by atoms with E-state index in [1.165, 1.54) is 6.07 Å². The quantitative estimate of drug-likeness (QED) is 0.705. The number of nitrogens with two attached hydrogens (primary N) is 1. The van der Waals surface area contributed by atoms with Crippen LogP contribution in [-0.4, -0.2) is 17.2 Å². The molecule has 0 fully saturated rings. The highest BCUT2D eigenvalue weighted by Crippen LogP contribution is 2.32. The summed E-state index contributed by atoms with van der Waals surface area (Å²) in [5.74, 6) is 0. The number of aromatic amines is 1. The summed E-state index contributed by atoms with van der Waals surface area (Å²) in [6, 6.07) is 12.9. The molecule has 4 nitrogen and oxygen atoms in total. The van der Waals surface area contributed by atoms with Gasteiger partial charge in [0, 0.05) is 29.9 Å². The van der Waals surface area contributed by atoms with E-state index in [0.717, 1.165) is 17.7 Å². The lowest BCUT2D eigenvalue weighted by atomic mass is 10.00. The molecular weight excluding hydrogens is 345 g/mol. The third kappa shape index (κ3) is 4.17. The summed E-state index contributed by atoms with van der Waals surface area (Å²) in [5.41, 5.74) is 6.59. The molecule has 7 heteroatoms. The van der Waals surface area contributed by atoms with Crippen LogP contribution in [0.2, 0.25) is 0 Å². The lowest BCUT2D eigenvalue weighted by molar-refractivity contribution is -0.137. The number of fused-ring (bicyclic) bond motifs is 1. The molecular formula is C19H17F3N2O2. The van der Waals surface area contributed by atoms with Gasteiger partial charge in [0.2, 0.25) is 0 Å². The van der Waals surface area contributed by atoms with E-state index >= 15 is 0 Å². The highest BCUT2D eigenvalue weighted by molar-refractivity contribution is 5.84. The highest BCUT2D eigenvalue weighted by atomic mass is 19.4. The van der Waals surface area contributed by atoms with Gasteiger partial charge >= 0.3 is 12.3 Å². The molecule has 3 N–H and O–H groups in total. The third-order valence-corrected chi connectivity index (χ3v) is 4.13. The highest BCUT2D eigenvalue weighted by Gasteiger charge is 2.31. The molecule has 136 valence electrons.